The van der Waals surface area contributed by atoms with Gasteiger partial charge in [0.25, 0.3) is 0 Å². The Bertz CT molecular complexity index is 389. The van der Waals surface area contributed by atoms with Crippen molar-refractivity contribution in [1.82, 2.24) is 0 Å². The molecule has 0 N–H and O–H groups in total. The number of ether oxygens (including phenoxy) is 2. The number of hydrogen-bond donors (Lipinski definition) is 0. The van der Waals surface area contributed by atoms with Crippen LogP contribution in [0.15, 0.2) is 30.3 Å². The van der Waals surface area contributed by atoms with Gasteiger partial charge in [-0.1, -0.05) is 58.2 Å². The van der Waals surface area contributed by atoms with Gasteiger partial charge in [0.2, 0.25) is 0 Å². The Balaban J connectivity index is 2.43. The molecule has 0 aromatic heterocycles. The van der Waals surface area contributed by atoms with Crippen LogP contribution in [-0.2, 0) is 9.53 Å². The summed E-state index contributed by atoms with van der Waals surface area (Å²) >= 11 is 0. The van der Waals surface area contributed by atoms with E-state index in [1.165, 1.54) is 12.8 Å². The van der Waals surface area contributed by atoms with Crippen LogP contribution in [0, 0.1) is 5.92 Å². The van der Waals surface area contributed by atoms with Gasteiger partial charge >= 0.3 is 5.97 Å². The molecular weight excluding hydrogens is 264 g/mol. The third-order valence-electron chi connectivity index (χ3n) is 3.66. The summed E-state index contributed by atoms with van der Waals surface area (Å²) in [7, 11) is 0. The second-order valence-electron chi connectivity index (χ2n) is 5.37. The van der Waals surface area contributed by atoms with Crippen molar-refractivity contribution in [2.45, 2.75) is 59.0 Å². The molecule has 0 saturated carbocycles. The van der Waals surface area contributed by atoms with Crippen molar-refractivity contribution in [3.05, 3.63) is 30.3 Å². The predicted octanol–water partition coefficient (Wildman–Crippen LogP) is 4.60. The maximum atomic E-state index is 12.1. The van der Waals surface area contributed by atoms with Gasteiger partial charge in [0.1, 0.15) is 5.75 Å². The Morgan fingerprint density at radius 3 is 2.38 bits per heavy atom. The summed E-state index contributed by atoms with van der Waals surface area (Å²) in [4.78, 5) is 12.1. The van der Waals surface area contributed by atoms with E-state index in [2.05, 4.69) is 13.8 Å². The molecule has 0 heterocycles. The molecule has 1 aromatic carbocycles. The molecule has 0 fully saturated rings. The van der Waals surface area contributed by atoms with E-state index in [-0.39, 0.29) is 5.97 Å². The Labute approximate surface area is 128 Å². The van der Waals surface area contributed by atoms with Gasteiger partial charge in [-0.25, -0.2) is 4.79 Å². The molecule has 21 heavy (non-hydrogen) atoms. The van der Waals surface area contributed by atoms with Crippen LogP contribution in [0.3, 0.4) is 0 Å². The average Bonchev–Trinajstić information content (AvgIpc) is 2.53. The molecule has 2 atom stereocenters. The molecule has 3 heteroatoms. The number of carbonyl (C=O) groups is 1. The van der Waals surface area contributed by atoms with Crippen LogP contribution >= 0.6 is 0 Å². The monoisotopic (exact) mass is 292 g/mol. The lowest BCUT2D eigenvalue weighted by Crippen LogP contribution is -2.30. The minimum Gasteiger partial charge on any atom is -0.479 e. The highest BCUT2D eigenvalue weighted by atomic mass is 16.6. The maximum Gasteiger partial charge on any atom is 0.347 e. The molecule has 0 radical (unpaired) electrons. The number of hydrogen-bond acceptors (Lipinski definition) is 3. The molecule has 0 bridgehead atoms. The van der Waals surface area contributed by atoms with Gasteiger partial charge in [0, 0.05) is 0 Å². The number of para-hydroxylation sites is 1. The molecule has 1 aromatic rings. The van der Waals surface area contributed by atoms with Crippen molar-refractivity contribution in [3.8, 4) is 5.75 Å². The molecule has 0 aliphatic carbocycles. The zero-order valence-electron chi connectivity index (χ0n) is 13.5. The summed E-state index contributed by atoms with van der Waals surface area (Å²) in [6.45, 7) is 6.76. The van der Waals surface area contributed by atoms with Crippen LogP contribution in [-0.4, -0.2) is 18.7 Å². The summed E-state index contributed by atoms with van der Waals surface area (Å²) in [5, 5.41) is 0. The minimum absolute atomic E-state index is 0.253. The first-order valence-electron chi connectivity index (χ1n) is 8.09. The first kappa shape index (κ1) is 17.5. The van der Waals surface area contributed by atoms with Crippen LogP contribution in [0.25, 0.3) is 0 Å². The highest BCUT2D eigenvalue weighted by molar-refractivity contribution is 5.75. The predicted molar refractivity (Wildman–Crippen MR) is 85.4 cm³/mol. The second-order valence-corrected chi connectivity index (χ2v) is 5.37. The van der Waals surface area contributed by atoms with Gasteiger partial charge in [-0.3, -0.25) is 0 Å². The lowest BCUT2D eigenvalue weighted by molar-refractivity contribution is -0.153. The number of rotatable bonds is 10. The fraction of sp³-hybridized carbons (Fsp3) is 0.611. The summed E-state index contributed by atoms with van der Waals surface area (Å²) in [6.07, 6.45) is 4.63. The van der Waals surface area contributed by atoms with Crippen molar-refractivity contribution >= 4 is 5.97 Å². The maximum absolute atomic E-state index is 12.1. The molecule has 118 valence electrons. The van der Waals surface area contributed by atoms with E-state index in [0.29, 0.717) is 24.7 Å². The molecule has 3 nitrogen and oxygen atoms in total. The van der Waals surface area contributed by atoms with Crippen molar-refractivity contribution in [2.75, 3.05) is 6.61 Å². The quantitative estimate of drug-likeness (QED) is 0.591. The van der Waals surface area contributed by atoms with Crippen LogP contribution < -0.4 is 4.74 Å². The minimum atomic E-state index is -0.518. The summed E-state index contributed by atoms with van der Waals surface area (Å²) in [6, 6.07) is 9.42. The Morgan fingerprint density at radius 2 is 1.81 bits per heavy atom. The Hall–Kier alpha value is -1.51. The van der Waals surface area contributed by atoms with Gasteiger partial charge in [-0.15, -0.1) is 0 Å². The summed E-state index contributed by atoms with van der Waals surface area (Å²) in [5.41, 5.74) is 0. The van der Waals surface area contributed by atoms with E-state index >= 15 is 0 Å². The molecule has 2 unspecified atom stereocenters. The van der Waals surface area contributed by atoms with E-state index in [0.717, 1.165) is 12.8 Å². The first-order valence-corrected chi connectivity index (χ1v) is 8.09. The van der Waals surface area contributed by atoms with Gasteiger partial charge in [-0.05, 0) is 30.9 Å². The number of benzene rings is 1. The first-order chi connectivity index (χ1) is 10.2. The van der Waals surface area contributed by atoms with Crippen molar-refractivity contribution in [1.29, 1.82) is 0 Å². The zero-order chi connectivity index (χ0) is 15.5. The molecule has 0 aliphatic heterocycles. The fourth-order valence-electron chi connectivity index (χ4n) is 2.15. The van der Waals surface area contributed by atoms with Crippen molar-refractivity contribution in [2.24, 2.45) is 5.92 Å². The van der Waals surface area contributed by atoms with E-state index in [4.69, 9.17) is 9.47 Å². The molecule has 0 aliphatic rings. The average molecular weight is 292 g/mol. The van der Waals surface area contributed by atoms with Crippen LogP contribution in [0.4, 0.5) is 0 Å². The van der Waals surface area contributed by atoms with E-state index in [1.807, 2.05) is 37.3 Å². The van der Waals surface area contributed by atoms with Gasteiger partial charge in [0.15, 0.2) is 6.10 Å². The standard InChI is InChI=1S/C18H28O3/c1-4-7-11-15(5-2)14-20-18(19)17(6-3)21-16-12-9-8-10-13-16/h8-10,12-13,15,17H,4-7,11,14H2,1-3H3. The topological polar surface area (TPSA) is 35.5 Å². The zero-order valence-corrected chi connectivity index (χ0v) is 13.5. The lowest BCUT2D eigenvalue weighted by atomic mass is 10.0. The molecule has 0 saturated heterocycles. The molecular formula is C18H28O3. The SMILES string of the molecule is CCCCC(CC)COC(=O)C(CC)Oc1ccccc1. The van der Waals surface area contributed by atoms with Gasteiger partial charge < -0.3 is 9.47 Å². The normalized spacial score (nSPS) is 13.5. The molecule has 0 spiro atoms. The van der Waals surface area contributed by atoms with Crippen LogP contribution in [0.1, 0.15) is 52.9 Å². The molecule has 1 rings (SSSR count). The van der Waals surface area contributed by atoms with Crippen LogP contribution in [0.2, 0.25) is 0 Å². The Morgan fingerprint density at radius 1 is 1.10 bits per heavy atom. The Kier molecular flexibility index (Phi) is 8.56. The third kappa shape index (κ3) is 6.65. The third-order valence-corrected chi connectivity index (χ3v) is 3.66. The lowest BCUT2D eigenvalue weighted by Gasteiger charge is -2.19. The fourth-order valence-corrected chi connectivity index (χ4v) is 2.15. The molecule has 0 amide bonds. The van der Waals surface area contributed by atoms with Crippen molar-refractivity contribution < 1.29 is 14.3 Å². The van der Waals surface area contributed by atoms with E-state index in [9.17, 15) is 4.79 Å². The highest BCUT2D eigenvalue weighted by Crippen LogP contribution is 2.16. The van der Waals surface area contributed by atoms with Crippen molar-refractivity contribution in [3.63, 3.8) is 0 Å². The van der Waals surface area contributed by atoms with Gasteiger partial charge in [0.05, 0.1) is 6.61 Å². The number of carbonyl (C=O) groups excluding carboxylic acids is 1. The highest BCUT2D eigenvalue weighted by Gasteiger charge is 2.21. The summed E-state index contributed by atoms with van der Waals surface area (Å²) in [5.74, 6) is 0.916. The smallest absolute Gasteiger partial charge is 0.347 e. The number of esters is 1. The van der Waals surface area contributed by atoms with E-state index in [1.54, 1.807) is 0 Å². The van der Waals surface area contributed by atoms with Gasteiger partial charge in [-0.2, -0.15) is 0 Å². The number of unbranched alkanes of at least 4 members (excludes halogenated alkanes) is 1. The second kappa shape index (κ2) is 10.3. The van der Waals surface area contributed by atoms with E-state index < -0.39 is 6.10 Å². The van der Waals surface area contributed by atoms with Crippen LogP contribution in [0.5, 0.6) is 5.75 Å². The summed E-state index contributed by atoms with van der Waals surface area (Å²) < 4.78 is 11.2. The largest absolute Gasteiger partial charge is 0.479 e.